The van der Waals surface area contributed by atoms with Crippen LogP contribution in [0.5, 0.6) is 17.2 Å². The van der Waals surface area contributed by atoms with Crippen molar-refractivity contribution in [3.8, 4) is 17.2 Å². The van der Waals surface area contributed by atoms with E-state index < -0.39 is 34.4 Å². The maximum absolute atomic E-state index is 14.0. The van der Waals surface area contributed by atoms with Crippen LogP contribution in [-0.2, 0) is 14.3 Å². The zero-order valence-electron chi connectivity index (χ0n) is 24.2. The van der Waals surface area contributed by atoms with Crippen molar-refractivity contribution in [2.45, 2.75) is 69.3 Å². The molecule has 7 atom stereocenters. The van der Waals surface area contributed by atoms with Crippen LogP contribution in [0.3, 0.4) is 0 Å². The quantitative estimate of drug-likeness (QED) is 0.299. The molecule has 3 aliphatic carbocycles. The van der Waals surface area contributed by atoms with Crippen LogP contribution in [0.2, 0.25) is 0 Å². The highest BCUT2D eigenvalue weighted by Crippen LogP contribution is 2.74. The molecule has 7 rings (SSSR count). The third-order valence-corrected chi connectivity index (χ3v) is 11.9. The summed E-state index contributed by atoms with van der Waals surface area (Å²) >= 11 is 1.24. The average molecular weight is 610 g/mol. The molecule has 2 aliphatic heterocycles. The van der Waals surface area contributed by atoms with Crippen LogP contribution in [0.4, 0.5) is 5.69 Å². The van der Waals surface area contributed by atoms with Crippen LogP contribution >= 0.6 is 11.8 Å². The minimum absolute atomic E-state index is 0.0166. The number of phenolic OH excluding ortho intramolecular Hbond substituents is 1. The number of aromatic carboxylic acids is 1. The second-order valence-corrected chi connectivity index (χ2v) is 14.0. The number of nitrogens with one attached hydrogen (secondary N) is 1. The van der Waals surface area contributed by atoms with Crippen molar-refractivity contribution in [3.63, 3.8) is 0 Å². The Labute approximate surface area is 253 Å². The third kappa shape index (κ3) is 4.59. The van der Waals surface area contributed by atoms with E-state index >= 15 is 0 Å². The Balaban J connectivity index is 1.24. The second-order valence-electron chi connectivity index (χ2n) is 12.9. The molecule has 2 aromatic rings. The maximum Gasteiger partial charge on any atom is 0.339 e. The van der Waals surface area contributed by atoms with Crippen molar-refractivity contribution in [2.24, 2.45) is 22.7 Å². The van der Waals surface area contributed by atoms with E-state index in [-0.39, 0.29) is 64.1 Å². The van der Waals surface area contributed by atoms with Crippen LogP contribution < -0.4 is 10.1 Å². The highest BCUT2D eigenvalue weighted by molar-refractivity contribution is 8.14. The Bertz CT molecular complexity index is 1530. The predicted octanol–water partition coefficient (Wildman–Crippen LogP) is 5.02. The fourth-order valence-electron chi connectivity index (χ4n) is 8.60. The van der Waals surface area contributed by atoms with Gasteiger partial charge in [0.1, 0.15) is 28.5 Å². The van der Waals surface area contributed by atoms with Gasteiger partial charge in [-0.3, -0.25) is 14.4 Å². The summed E-state index contributed by atoms with van der Waals surface area (Å²) in [6.07, 6.45) is 2.60. The lowest BCUT2D eigenvalue weighted by Gasteiger charge is -2.60. The number of thioether (sulfide) groups is 1. The van der Waals surface area contributed by atoms with Crippen LogP contribution in [0.25, 0.3) is 0 Å². The van der Waals surface area contributed by atoms with Gasteiger partial charge in [-0.15, -0.1) is 0 Å². The Morgan fingerprint density at radius 1 is 1.12 bits per heavy atom. The number of ether oxygens (including phenoxy) is 2. The van der Waals surface area contributed by atoms with E-state index in [2.05, 4.69) is 12.2 Å². The fraction of sp³-hybridized carbons (Fsp3) is 0.500. The smallest absolute Gasteiger partial charge is 0.339 e. The van der Waals surface area contributed by atoms with Crippen molar-refractivity contribution >= 4 is 40.2 Å². The molecule has 4 N–H and O–H groups in total. The number of hydrogen-bond acceptors (Lipinski definition) is 9. The van der Waals surface area contributed by atoms with Gasteiger partial charge in [0.25, 0.3) is 0 Å². The lowest BCUT2D eigenvalue weighted by Crippen LogP contribution is -2.63. The molecule has 11 heteroatoms. The molecule has 228 valence electrons. The van der Waals surface area contributed by atoms with Gasteiger partial charge < -0.3 is 30.1 Å². The summed E-state index contributed by atoms with van der Waals surface area (Å²) in [5, 5.41) is 31.9. The van der Waals surface area contributed by atoms with Crippen molar-refractivity contribution < 1.29 is 44.0 Å². The summed E-state index contributed by atoms with van der Waals surface area (Å²) in [7, 11) is 1.57. The number of carbonyl (C=O) groups excluding carboxylic acids is 3. The number of ketones is 1. The first-order valence-electron chi connectivity index (χ1n) is 14.5. The molecular formula is C32H35NO9S. The Morgan fingerprint density at radius 3 is 2.49 bits per heavy atom. The zero-order chi connectivity index (χ0) is 30.9. The number of carboxylic acid groups (broad SMARTS) is 1. The van der Waals surface area contributed by atoms with Gasteiger partial charge in [-0.05, 0) is 80.3 Å². The molecule has 3 saturated carbocycles. The largest absolute Gasteiger partial charge is 0.506 e. The van der Waals surface area contributed by atoms with E-state index in [1.807, 2.05) is 6.92 Å². The molecule has 2 saturated heterocycles. The topological polar surface area (TPSA) is 159 Å². The first kappa shape index (κ1) is 29.5. The summed E-state index contributed by atoms with van der Waals surface area (Å²) in [5.41, 5.74) is -1.80. The molecule has 1 spiro atoms. The highest BCUT2D eigenvalue weighted by atomic mass is 32.2. The molecule has 1 amide bonds. The number of Topliss-reactive ketones (excluding diaryl/α,β-unsaturated/α-hetero) is 1. The number of amides is 1. The number of carboxylic acids is 1. The second kappa shape index (κ2) is 10.3. The van der Waals surface area contributed by atoms with Gasteiger partial charge in [0.05, 0.1) is 18.8 Å². The summed E-state index contributed by atoms with van der Waals surface area (Å²) in [6, 6.07) is 9.09. The van der Waals surface area contributed by atoms with Crippen LogP contribution in [0.1, 0.15) is 73.1 Å². The van der Waals surface area contributed by atoms with E-state index in [1.54, 1.807) is 31.4 Å². The first-order valence-corrected chi connectivity index (χ1v) is 15.3. The number of methoxy groups -OCH3 is 1. The highest BCUT2D eigenvalue weighted by Gasteiger charge is 2.75. The molecule has 2 heterocycles. The SMILES string of the molecule is COc1ccc(C(=O)S[C@H]2CC(=O)[C@@](C)(CCC(=O)Nc3c(O)ccc(C(=O)O)c3O)[C@@H]3[C@@H]4C[C@H]5C[C@]23C[C@]5(C)O4)cc1. The van der Waals surface area contributed by atoms with Gasteiger partial charge in [0.2, 0.25) is 11.0 Å². The maximum atomic E-state index is 14.0. The Morgan fingerprint density at radius 2 is 1.84 bits per heavy atom. The first-order chi connectivity index (χ1) is 20.3. The van der Waals surface area contributed by atoms with Crippen LogP contribution in [-0.4, -0.2) is 62.2 Å². The number of phenols is 2. The van der Waals surface area contributed by atoms with Crippen LogP contribution in [0, 0.1) is 22.7 Å². The van der Waals surface area contributed by atoms with Gasteiger partial charge in [-0.25, -0.2) is 4.79 Å². The van der Waals surface area contributed by atoms with E-state index in [4.69, 9.17) is 9.47 Å². The molecule has 0 unspecified atom stereocenters. The van der Waals surface area contributed by atoms with Gasteiger partial charge in [0, 0.05) is 35.0 Å². The van der Waals surface area contributed by atoms with Crippen molar-refractivity contribution in [1.29, 1.82) is 0 Å². The number of benzene rings is 2. The number of anilines is 1. The van der Waals surface area contributed by atoms with Gasteiger partial charge in [-0.1, -0.05) is 18.7 Å². The zero-order valence-corrected chi connectivity index (χ0v) is 25.0. The number of carbonyl (C=O) groups is 4. The van der Waals surface area contributed by atoms with E-state index in [0.29, 0.717) is 17.2 Å². The molecule has 5 aliphatic rings. The fourth-order valence-corrected chi connectivity index (χ4v) is 9.93. The van der Waals surface area contributed by atoms with E-state index in [1.165, 1.54) is 11.8 Å². The van der Waals surface area contributed by atoms with Crippen molar-refractivity contribution in [2.75, 3.05) is 12.4 Å². The van der Waals surface area contributed by atoms with Gasteiger partial charge in [-0.2, -0.15) is 0 Å². The van der Waals surface area contributed by atoms with E-state index in [0.717, 1.165) is 31.4 Å². The van der Waals surface area contributed by atoms with E-state index in [9.17, 15) is 34.5 Å². The summed E-state index contributed by atoms with van der Waals surface area (Å²) in [5.74, 6) is -2.38. The van der Waals surface area contributed by atoms with Crippen molar-refractivity contribution in [3.05, 3.63) is 47.5 Å². The lowest BCUT2D eigenvalue weighted by atomic mass is 9.48. The summed E-state index contributed by atoms with van der Waals surface area (Å²) < 4.78 is 11.8. The molecule has 5 fully saturated rings. The molecule has 0 radical (unpaired) electrons. The van der Waals surface area contributed by atoms with Gasteiger partial charge in [0.15, 0.2) is 5.75 Å². The lowest BCUT2D eigenvalue weighted by molar-refractivity contribution is -0.189. The number of aromatic hydroxyl groups is 2. The monoisotopic (exact) mass is 609 g/mol. The summed E-state index contributed by atoms with van der Waals surface area (Å²) in [4.78, 5) is 52.0. The van der Waals surface area contributed by atoms with Crippen LogP contribution in [0.15, 0.2) is 36.4 Å². The molecule has 4 bridgehead atoms. The standard InChI is InChI=1S/C32H35NO9S/c1-30(11-10-24(36)33-25-20(34)9-8-19(26(25)37)28(38)39)22(35)13-23(43-29(40)16-4-6-18(41-3)7-5-16)32-14-17-12-21(27(30)32)42-31(17,2)15-32/h4-9,17,21,23,27,34,37H,10-15H2,1-3H3,(H,33,36)(H,38,39)/t17-,21-,23-,27-,30+,31-,32-/m0/s1. The third-order valence-electron chi connectivity index (χ3n) is 10.5. The Kier molecular flexibility index (Phi) is 7.04. The summed E-state index contributed by atoms with van der Waals surface area (Å²) in [6.45, 7) is 4.04. The average Bonchev–Trinajstić information content (AvgIpc) is 3.34. The number of hydrogen-bond donors (Lipinski definition) is 4. The van der Waals surface area contributed by atoms with Crippen molar-refractivity contribution in [1.82, 2.24) is 0 Å². The number of rotatable bonds is 8. The predicted molar refractivity (Wildman–Crippen MR) is 158 cm³/mol. The van der Waals surface area contributed by atoms with Gasteiger partial charge >= 0.3 is 5.97 Å². The normalized spacial score (nSPS) is 33.7. The Hall–Kier alpha value is -3.57. The minimum atomic E-state index is -1.41. The molecular weight excluding hydrogens is 574 g/mol. The molecule has 2 aromatic carbocycles. The molecule has 10 nitrogen and oxygen atoms in total. The minimum Gasteiger partial charge on any atom is -0.506 e. The molecule has 43 heavy (non-hydrogen) atoms. The molecule has 0 aromatic heterocycles.